The summed E-state index contributed by atoms with van der Waals surface area (Å²) in [6.07, 6.45) is 2.76. The van der Waals surface area contributed by atoms with Gasteiger partial charge in [-0.25, -0.2) is 13.1 Å². The standard InChI is InChI=1S/C13H24N2O3S2/c1-3-14-11-12-7-8-13(19-12)20(16,17)15-9-5-4-6-10-18-2/h7-8,14-15H,3-6,9-11H2,1-2H3. The number of nitrogens with one attached hydrogen (secondary N) is 2. The molecule has 0 aliphatic rings. The van der Waals surface area contributed by atoms with Crippen LogP contribution in [0.15, 0.2) is 16.3 Å². The highest BCUT2D eigenvalue weighted by Crippen LogP contribution is 2.21. The summed E-state index contributed by atoms with van der Waals surface area (Å²) in [6.45, 7) is 4.82. The molecule has 7 heteroatoms. The van der Waals surface area contributed by atoms with Gasteiger partial charge in [-0.15, -0.1) is 11.3 Å². The first kappa shape index (κ1) is 17.6. The third kappa shape index (κ3) is 6.32. The lowest BCUT2D eigenvalue weighted by Crippen LogP contribution is -2.24. The third-order valence-corrected chi connectivity index (χ3v) is 5.81. The van der Waals surface area contributed by atoms with Crippen LogP contribution in [0.3, 0.4) is 0 Å². The van der Waals surface area contributed by atoms with E-state index in [1.165, 1.54) is 11.3 Å². The fourth-order valence-corrected chi connectivity index (χ4v) is 4.12. The summed E-state index contributed by atoms with van der Waals surface area (Å²) >= 11 is 1.32. The van der Waals surface area contributed by atoms with Crippen LogP contribution >= 0.6 is 11.3 Å². The molecule has 0 spiro atoms. The predicted molar refractivity (Wildman–Crippen MR) is 82.6 cm³/mol. The summed E-state index contributed by atoms with van der Waals surface area (Å²) in [7, 11) is -1.68. The van der Waals surface area contributed by atoms with E-state index in [-0.39, 0.29) is 0 Å². The number of rotatable bonds is 11. The van der Waals surface area contributed by atoms with Gasteiger partial charge in [-0.1, -0.05) is 6.92 Å². The minimum Gasteiger partial charge on any atom is -0.385 e. The van der Waals surface area contributed by atoms with Crippen LogP contribution in [0, 0.1) is 0 Å². The van der Waals surface area contributed by atoms with Crippen molar-refractivity contribution in [3.63, 3.8) is 0 Å². The largest absolute Gasteiger partial charge is 0.385 e. The zero-order valence-electron chi connectivity index (χ0n) is 12.1. The SMILES string of the molecule is CCNCc1ccc(S(=O)(=O)NCCCCCOC)s1. The van der Waals surface area contributed by atoms with Crippen molar-refractivity contribution in [1.29, 1.82) is 0 Å². The number of sulfonamides is 1. The lowest BCUT2D eigenvalue weighted by Gasteiger charge is -2.04. The van der Waals surface area contributed by atoms with Gasteiger partial charge in [0.05, 0.1) is 0 Å². The van der Waals surface area contributed by atoms with Gasteiger partial charge in [-0.3, -0.25) is 0 Å². The van der Waals surface area contributed by atoms with Crippen molar-refractivity contribution in [3.05, 3.63) is 17.0 Å². The molecule has 5 nitrogen and oxygen atoms in total. The van der Waals surface area contributed by atoms with E-state index in [0.717, 1.165) is 37.3 Å². The maximum Gasteiger partial charge on any atom is 0.250 e. The molecule has 1 aromatic heterocycles. The molecule has 1 aromatic rings. The Labute approximate surface area is 125 Å². The van der Waals surface area contributed by atoms with Gasteiger partial charge in [0.15, 0.2) is 0 Å². The Morgan fingerprint density at radius 1 is 1.25 bits per heavy atom. The lowest BCUT2D eigenvalue weighted by molar-refractivity contribution is 0.192. The predicted octanol–water partition coefficient (Wildman–Crippen LogP) is 1.95. The topological polar surface area (TPSA) is 67.4 Å². The summed E-state index contributed by atoms with van der Waals surface area (Å²) in [5.41, 5.74) is 0. The van der Waals surface area contributed by atoms with E-state index in [2.05, 4.69) is 10.0 Å². The number of ether oxygens (including phenoxy) is 1. The Balaban J connectivity index is 2.38. The zero-order valence-corrected chi connectivity index (χ0v) is 13.8. The summed E-state index contributed by atoms with van der Waals surface area (Å²) < 4.78 is 32.1. The van der Waals surface area contributed by atoms with Crippen LogP contribution in [-0.2, 0) is 21.3 Å². The van der Waals surface area contributed by atoms with Crippen LogP contribution < -0.4 is 10.0 Å². The van der Waals surface area contributed by atoms with Crippen molar-refractivity contribution in [2.45, 2.75) is 36.9 Å². The molecule has 0 fully saturated rings. The first-order chi connectivity index (χ1) is 9.60. The average molecular weight is 320 g/mol. The fraction of sp³-hybridized carbons (Fsp3) is 0.692. The highest BCUT2D eigenvalue weighted by molar-refractivity contribution is 7.91. The van der Waals surface area contributed by atoms with E-state index in [9.17, 15) is 8.42 Å². The summed E-state index contributed by atoms with van der Waals surface area (Å²) in [4.78, 5) is 1.03. The Kier molecular flexibility index (Phi) is 8.32. The van der Waals surface area contributed by atoms with E-state index in [4.69, 9.17) is 4.74 Å². The molecule has 20 heavy (non-hydrogen) atoms. The minimum absolute atomic E-state index is 0.391. The van der Waals surface area contributed by atoms with Crippen molar-refractivity contribution >= 4 is 21.4 Å². The summed E-state index contributed by atoms with van der Waals surface area (Å²) in [6, 6.07) is 3.53. The van der Waals surface area contributed by atoms with Gasteiger partial charge in [0.2, 0.25) is 10.0 Å². The summed E-state index contributed by atoms with van der Waals surface area (Å²) in [5, 5.41) is 3.18. The number of unbranched alkanes of at least 4 members (excludes halogenated alkanes) is 2. The van der Waals surface area contributed by atoms with Crippen LogP contribution in [0.5, 0.6) is 0 Å². The van der Waals surface area contributed by atoms with Gasteiger partial charge in [0.25, 0.3) is 0 Å². The molecule has 0 saturated carbocycles. The van der Waals surface area contributed by atoms with Crippen molar-refractivity contribution in [2.24, 2.45) is 0 Å². The second-order valence-electron chi connectivity index (χ2n) is 4.45. The van der Waals surface area contributed by atoms with Gasteiger partial charge in [0.1, 0.15) is 4.21 Å². The first-order valence-electron chi connectivity index (χ1n) is 6.88. The van der Waals surface area contributed by atoms with Gasteiger partial charge in [-0.05, 0) is 37.9 Å². The second-order valence-corrected chi connectivity index (χ2v) is 7.61. The number of methoxy groups -OCH3 is 1. The quantitative estimate of drug-likeness (QED) is 0.612. The molecule has 1 rings (SSSR count). The van der Waals surface area contributed by atoms with Crippen LogP contribution in [0.4, 0.5) is 0 Å². The van der Waals surface area contributed by atoms with Gasteiger partial charge < -0.3 is 10.1 Å². The van der Waals surface area contributed by atoms with E-state index in [0.29, 0.717) is 17.3 Å². The molecular formula is C13H24N2O3S2. The van der Waals surface area contributed by atoms with E-state index in [1.54, 1.807) is 13.2 Å². The molecule has 0 aromatic carbocycles. The van der Waals surface area contributed by atoms with Gasteiger partial charge in [-0.2, -0.15) is 0 Å². The molecule has 0 aliphatic heterocycles. The number of hydrogen-bond donors (Lipinski definition) is 2. The molecule has 0 amide bonds. The van der Waals surface area contributed by atoms with Crippen molar-refractivity contribution in [2.75, 3.05) is 26.8 Å². The second kappa shape index (κ2) is 9.46. The molecule has 0 unspecified atom stereocenters. The molecule has 116 valence electrons. The highest BCUT2D eigenvalue weighted by atomic mass is 32.2. The smallest absolute Gasteiger partial charge is 0.250 e. The monoisotopic (exact) mass is 320 g/mol. The average Bonchev–Trinajstić information content (AvgIpc) is 2.90. The molecule has 1 heterocycles. The van der Waals surface area contributed by atoms with E-state index in [1.807, 2.05) is 13.0 Å². The maximum atomic E-state index is 12.1. The summed E-state index contributed by atoms with van der Waals surface area (Å²) in [5.74, 6) is 0. The number of hydrogen-bond acceptors (Lipinski definition) is 5. The Morgan fingerprint density at radius 3 is 2.75 bits per heavy atom. The van der Waals surface area contributed by atoms with Crippen LogP contribution in [0.25, 0.3) is 0 Å². The molecule has 0 atom stereocenters. The van der Waals surface area contributed by atoms with Crippen LogP contribution in [0.1, 0.15) is 31.1 Å². The minimum atomic E-state index is -3.35. The normalized spacial score (nSPS) is 11.9. The van der Waals surface area contributed by atoms with Gasteiger partial charge >= 0.3 is 0 Å². The molecule has 0 bridgehead atoms. The Bertz CT molecular complexity index is 472. The molecule has 0 saturated heterocycles. The van der Waals surface area contributed by atoms with Crippen LogP contribution in [0.2, 0.25) is 0 Å². The van der Waals surface area contributed by atoms with Gasteiger partial charge in [0, 0.05) is 31.7 Å². The third-order valence-electron chi connectivity index (χ3n) is 2.77. The highest BCUT2D eigenvalue weighted by Gasteiger charge is 2.15. The number of thiophene rings is 1. The lowest BCUT2D eigenvalue weighted by atomic mass is 10.2. The molecule has 2 N–H and O–H groups in total. The van der Waals surface area contributed by atoms with Crippen LogP contribution in [-0.4, -0.2) is 35.2 Å². The molecule has 0 aliphatic carbocycles. The van der Waals surface area contributed by atoms with Crippen molar-refractivity contribution < 1.29 is 13.2 Å². The zero-order chi connectivity index (χ0) is 14.8. The van der Waals surface area contributed by atoms with E-state index >= 15 is 0 Å². The van der Waals surface area contributed by atoms with Crippen molar-refractivity contribution in [1.82, 2.24) is 10.0 Å². The Hall–Kier alpha value is -0.470. The van der Waals surface area contributed by atoms with E-state index < -0.39 is 10.0 Å². The molecule has 0 radical (unpaired) electrons. The maximum absolute atomic E-state index is 12.1. The first-order valence-corrected chi connectivity index (χ1v) is 9.18. The van der Waals surface area contributed by atoms with Crippen molar-refractivity contribution in [3.8, 4) is 0 Å². The molecular weight excluding hydrogens is 296 g/mol. The Morgan fingerprint density at radius 2 is 2.05 bits per heavy atom. The fourth-order valence-electron chi connectivity index (χ4n) is 1.67.